The highest BCUT2D eigenvalue weighted by Gasteiger charge is 2.45. The van der Waals surface area contributed by atoms with E-state index >= 15 is 0 Å². The molecule has 1 aliphatic heterocycles. The van der Waals surface area contributed by atoms with Gasteiger partial charge in [-0.05, 0) is 60.6 Å². The third-order valence-electron chi connectivity index (χ3n) is 7.57. The van der Waals surface area contributed by atoms with Crippen LogP contribution < -0.4 is 10.2 Å². The Morgan fingerprint density at radius 3 is 2.27 bits per heavy atom. The van der Waals surface area contributed by atoms with Gasteiger partial charge in [0.1, 0.15) is 0 Å². The van der Waals surface area contributed by atoms with Crippen LogP contribution in [0.4, 0.5) is 11.4 Å². The van der Waals surface area contributed by atoms with Crippen LogP contribution in [0.5, 0.6) is 0 Å². The lowest BCUT2D eigenvalue weighted by atomic mass is 9.78. The topological polar surface area (TPSA) is 75.7 Å². The summed E-state index contributed by atoms with van der Waals surface area (Å²) in [5, 5.41) is 3.57. The average molecular weight is 493 g/mol. The second-order valence-electron chi connectivity index (χ2n) is 9.97. The summed E-state index contributed by atoms with van der Waals surface area (Å²) in [5.74, 6) is -0.346. The van der Waals surface area contributed by atoms with Crippen LogP contribution in [-0.4, -0.2) is 24.8 Å². The number of carbonyl (C=O) groups is 3. The number of hydrogen-bond donors (Lipinski definition) is 1. The van der Waals surface area contributed by atoms with Gasteiger partial charge in [0, 0.05) is 23.6 Å². The van der Waals surface area contributed by atoms with Crippen LogP contribution in [0.3, 0.4) is 0 Å². The number of benzene rings is 3. The maximum absolute atomic E-state index is 14.0. The van der Waals surface area contributed by atoms with Gasteiger partial charge in [0.05, 0.1) is 30.1 Å². The molecule has 186 valence electrons. The maximum Gasteiger partial charge on any atom is 0.337 e. The fourth-order valence-electron chi connectivity index (χ4n) is 5.56. The molecule has 1 saturated carbocycles. The molecule has 1 heterocycles. The number of carbonyl (C=O) groups excluding carboxylic acids is 3. The van der Waals surface area contributed by atoms with Crippen molar-refractivity contribution in [3.8, 4) is 0 Å². The highest BCUT2D eigenvalue weighted by atomic mass is 16.5. The first-order valence-electron chi connectivity index (χ1n) is 12.7. The standard InChI is InChI=1S/C31H28N2O4/c1-37-31(36)22-15-11-20(12-16-22)29-28-25(17-23(18-27(28)34)19-7-3-2-4-8-19)32-24-9-5-6-10-26(24)33(29)30(35)21-13-14-21/h2-12,15-16,21,23,29,32H,13-14,17-18H2,1H3/t23-,29+/m0/s1. The molecule has 6 nitrogen and oxygen atoms in total. The lowest BCUT2D eigenvalue weighted by molar-refractivity contribution is -0.120. The van der Waals surface area contributed by atoms with Gasteiger partial charge in [0.15, 0.2) is 5.78 Å². The number of amides is 1. The van der Waals surface area contributed by atoms with Crippen molar-refractivity contribution in [3.05, 3.63) is 107 Å². The monoisotopic (exact) mass is 492 g/mol. The average Bonchev–Trinajstić information content (AvgIpc) is 3.79. The van der Waals surface area contributed by atoms with E-state index in [0.29, 0.717) is 24.0 Å². The minimum Gasteiger partial charge on any atom is -0.465 e. The van der Waals surface area contributed by atoms with Gasteiger partial charge in [-0.25, -0.2) is 4.79 Å². The summed E-state index contributed by atoms with van der Waals surface area (Å²) in [6, 6.07) is 24.4. The minimum atomic E-state index is -0.588. The number of methoxy groups -OCH3 is 1. The van der Waals surface area contributed by atoms with Crippen LogP contribution in [0, 0.1) is 5.92 Å². The van der Waals surface area contributed by atoms with E-state index in [1.807, 2.05) is 59.5 Å². The number of esters is 1. The van der Waals surface area contributed by atoms with Crippen molar-refractivity contribution in [1.82, 2.24) is 0 Å². The Hall–Kier alpha value is -4.19. The van der Waals surface area contributed by atoms with Crippen molar-refractivity contribution in [3.63, 3.8) is 0 Å². The summed E-state index contributed by atoms with van der Waals surface area (Å²) >= 11 is 0. The van der Waals surface area contributed by atoms with Crippen LogP contribution >= 0.6 is 0 Å². The predicted octanol–water partition coefficient (Wildman–Crippen LogP) is 5.78. The number of nitrogens with zero attached hydrogens (tertiary/aromatic N) is 1. The van der Waals surface area contributed by atoms with Crippen LogP contribution in [0.15, 0.2) is 90.1 Å². The molecule has 2 atom stereocenters. The third kappa shape index (κ3) is 4.22. The number of ether oxygens (including phenoxy) is 1. The van der Waals surface area contributed by atoms with Crippen LogP contribution in [-0.2, 0) is 14.3 Å². The van der Waals surface area contributed by atoms with Gasteiger partial charge in [-0.2, -0.15) is 0 Å². The van der Waals surface area contributed by atoms with Gasteiger partial charge >= 0.3 is 5.97 Å². The zero-order chi connectivity index (χ0) is 25.5. The molecule has 0 unspecified atom stereocenters. The lowest BCUT2D eigenvalue weighted by Gasteiger charge is -2.35. The van der Waals surface area contributed by atoms with Crippen molar-refractivity contribution in [1.29, 1.82) is 0 Å². The quantitative estimate of drug-likeness (QED) is 0.467. The number of allylic oxidation sites excluding steroid dienone is 1. The van der Waals surface area contributed by atoms with Gasteiger partial charge in [0.2, 0.25) is 5.91 Å². The molecule has 1 N–H and O–H groups in total. The van der Waals surface area contributed by atoms with Crippen molar-refractivity contribution in [2.45, 2.75) is 37.6 Å². The maximum atomic E-state index is 14.0. The molecule has 3 aromatic rings. The largest absolute Gasteiger partial charge is 0.465 e. The highest BCUT2D eigenvalue weighted by Crippen LogP contribution is 2.49. The molecule has 0 spiro atoms. The van der Waals surface area contributed by atoms with E-state index in [4.69, 9.17) is 4.74 Å². The van der Waals surface area contributed by atoms with Gasteiger partial charge in [-0.1, -0.05) is 54.6 Å². The SMILES string of the molecule is COC(=O)c1ccc([C@@H]2C3=C(C[C@H](c4ccccc4)CC3=O)Nc3ccccc3N2C(=O)C2CC2)cc1. The second-order valence-corrected chi connectivity index (χ2v) is 9.97. The van der Waals surface area contributed by atoms with Gasteiger partial charge in [-0.3, -0.25) is 14.5 Å². The number of anilines is 2. The molecule has 6 rings (SSSR count). The van der Waals surface area contributed by atoms with Crippen LogP contribution in [0.25, 0.3) is 0 Å². The Labute approximate surface area is 215 Å². The zero-order valence-corrected chi connectivity index (χ0v) is 20.6. The Bertz CT molecular complexity index is 1410. The first-order valence-corrected chi connectivity index (χ1v) is 12.7. The van der Waals surface area contributed by atoms with E-state index in [1.54, 1.807) is 12.1 Å². The van der Waals surface area contributed by atoms with E-state index < -0.39 is 12.0 Å². The van der Waals surface area contributed by atoms with Crippen molar-refractivity contribution < 1.29 is 19.1 Å². The summed E-state index contributed by atoms with van der Waals surface area (Å²) < 4.78 is 4.87. The Kier molecular flexibility index (Phi) is 5.87. The molecule has 2 aliphatic carbocycles. The lowest BCUT2D eigenvalue weighted by Crippen LogP contribution is -2.39. The smallest absolute Gasteiger partial charge is 0.337 e. The summed E-state index contributed by atoms with van der Waals surface area (Å²) in [7, 11) is 1.35. The molecule has 3 aliphatic rings. The molecular formula is C31H28N2O4. The van der Waals surface area contributed by atoms with Gasteiger partial charge < -0.3 is 10.1 Å². The Morgan fingerprint density at radius 2 is 1.57 bits per heavy atom. The van der Waals surface area contributed by atoms with Gasteiger partial charge in [0.25, 0.3) is 0 Å². The molecule has 1 fully saturated rings. The van der Waals surface area contributed by atoms with Crippen molar-refractivity contribution in [2.24, 2.45) is 5.92 Å². The van der Waals surface area contributed by atoms with Crippen LogP contribution in [0.2, 0.25) is 0 Å². The molecule has 3 aromatic carbocycles. The Balaban J connectivity index is 1.52. The number of hydrogen-bond acceptors (Lipinski definition) is 5. The molecule has 0 aromatic heterocycles. The number of nitrogens with one attached hydrogen (secondary N) is 1. The fraction of sp³-hybridized carbons (Fsp3) is 0.258. The van der Waals surface area contributed by atoms with E-state index in [2.05, 4.69) is 17.4 Å². The predicted molar refractivity (Wildman–Crippen MR) is 141 cm³/mol. The number of rotatable bonds is 4. The fourth-order valence-corrected chi connectivity index (χ4v) is 5.56. The van der Waals surface area contributed by atoms with Crippen molar-refractivity contribution in [2.75, 3.05) is 17.3 Å². The number of ketones is 1. The molecular weight excluding hydrogens is 464 g/mol. The zero-order valence-electron chi connectivity index (χ0n) is 20.6. The Morgan fingerprint density at radius 1 is 0.865 bits per heavy atom. The molecule has 0 saturated heterocycles. The van der Waals surface area contributed by atoms with Crippen molar-refractivity contribution >= 4 is 29.0 Å². The molecule has 0 bridgehead atoms. The second kappa shape index (κ2) is 9.36. The molecule has 37 heavy (non-hydrogen) atoms. The highest BCUT2D eigenvalue weighted by molar-refractivity contribution is 6.07. The number of fused-ring (bicyclic) bond motifs is 1. The first kappa shape index (κ1) is 23.2. The minimum absolute atomic E-state index is 0.0306. The molecule has 6 heteroatoms. The van der Waals surface area contributed by atoms with E-state index in [-0.39, 0.29) is 23.5 Å². The molecule has 0 radical (unpaired) electrons. The summed E-state index contributed by atoms with van der Waals surface area (Å²) in [6.07, 6.45) is 2.76. The van der Waals surface area contributed by atoms with Gasteiger partial charge in [-0.15, -0.1) is 0 Å². The van der Waals surface area contributed by atoms with E-state index in [1.165, 1.54) is 7.11 Å². The van der Waals surface area contributed by atoms with Crippen LogP contribution in [0.1, 0.15) is 59.1 Å². The number of para-hydroxylation sites is 2. The first-order chi connectivity index (χ1) is 18.0. The molecule has 1 amide bonds. The summed E-state index contributed by atoms with van der Waals surface area (Å²) in [5.41, 5.74) is 5.41. The van der Waals surface area contributed by atoms with E-state index in [9.17, 15) is 14.4 Å². The summed E-state index contributed by atoms with van der Waals surface area (Å²) in [6.45, 7) is 0. The summed E-state index contributed by atoms with van der Waals surface area (Å²) in [4.78, 5) is 41.7. The van der Waals surface area contributed by atoms with E-state index in [0.717, 1.165) is 41.0 Å². The number of Topliss-reactive ketones (excluding diaryl/α,β-unsaturated/α-hetero) is 1. The third-order valence-corrected chi connectivity index (χ3v) is 7.57. The normalized spacial score (nSPS) is 20.9.